The monoisotopic (exact) mass is 589 g/mol. The third-order valence-electron chi connectivity index (χ3n) is 6.78. The fourth-order valence-corrected chi connectivity index (χ4v) is 4.67. The summed E-state index contributed by atoms with van der Waals surface area (Å²) in [6, 6.07) is 17.6. The molecule has 0 spiro atoms. The number of ether oxygens (including phenoxy) is 3. The van der Waals surface area contributed by atoms with Crippen LogP contribution in [0.1, 0.15) is 55.0 Å². The molecule has 2 N–H and O–H groups in total. The van der Waals surface area contributed by atoms with Crippen LogP contribution in [0, 0.1) is 20.8 Å². The van der Waals surface area contributed by atoms with Crippen LogP contribution in [0.15, 0.2) is 68.7 Å². The molecule has 0 fully saturated rings. The molecule has 0 saturated heterocycles. The van der Waals surface area contributed by atoms with E-state index in [2.05, 4.69) is 49.3 Å². The van der Waals surface area contributed by atoms with Gasteiger partial charge < -0.3 is 24.1 Å². The van der Waals surface area contributed by atoms with E-state index in [0.717, 1.165) is 38.3 Å². The van der Waals surface area contributed by atoms with E-state index in [9.17, 15) is 14.4 Å². The van der Waals surface area contributed by atoms with Gasteiger partial charge in [-0.2, -0.15) is 0 Å². The highest BCUT2D eigenvalue weighted by molar-refractivity contribution is 5.75. The molecule has 10 nitrogen and oxygen atoms in total. The highest BCUT2D eigenvalue weighted by atomic mass is 16.6. The molecule has 0 unspecified atom stereocenters. The molecular weight excluding hydrogens is 550 g/mol. The number of nitrogens with one attached hydrogen (secondary N) is 2. The Hall–Kier alpha value is -4.73. The average Bonchev–Trinajstić information content (AvgIpc) is 3.25. The summed E-state index contributed by atoms with van der Waals surface area (Å²) >= 11 is 0. The summed E-state index contributed by atoms with van der Waals surface area (Å²) in [4.78, 5) is 36.7. The zero-order valence-electron chi connectivity index (χ0n) is 25.5. The van der Waals surface area contributed by atoms with E-state index in [-0.39, 0.29) is 6.54 Å². The number of aromatic amines is 1. The Bertz CT molecular complexity index is 1670. The van der Waals surface area contributed by atoms with Crippen molar-refractivity contribution in [3.63, 3.8) is 0 Å². The van der Waals surface area contributed by atoms with Crippen LogP contribution in [0.25, 0.3) is 11.1 Å². The molecule has 0 saturated carbocycles. The molecule has 1 aromatic heterocycles. The minimum atomic E-state index is -0.779. The van der Waals surface area contributed by atoms with Crippen LogP contribution in [0.5, 0.6) is 11.5 Å². The van der Waals surface area contributed by atoms with Gasteiger partial charge in [0.25, 0.3) is 0 Å². The first-order chi connectivity index (χ1) is 20.4. The molecule has 4 aromatic rings. The first kappa shape index (κ1) is 31.2. The third kappa shape index (κ3) is 8.64. The molecule has 228 valence electrons. The van der Waals surface area contributed by atoms with Crippen molar-refractivity contribution in [3.05, 3.63) is 103 Å². The van der Waals surface area contributed by atoms with E-state index in [1.165, 1.54) is 11.1 Å². The normalized spacial score (nSPS) is 11.3. The predicted octanol–water partition coefficient (Wildman–Crippen LogP) is 5.64. The van der Waals surface area contributed by atoms with Crippen LogP contribution in [0.3, 0.4) is 0 Å². The average molecular weight is 590 g/mol. The smallest absolute Gasteiger partial charge is 0.440 e. The summed E-state index contributed by atoms with van der Waals surface area (Å²) in [5.74, 6) is 0.686. The quantitative estimate of drug-likeness (QED) is 0.217. The van der Waals surface area contributed by atoms with Crippen molar-refractivity contribution in [2.45, 2.75) is 66.7 Å². The first-order valence-electron chi connectivity index (χ1n) is 14.2. The van der Waals surface area contributed by atoms with Crippen molar-refractivity contribution in [2.24, 2.45) is 0 Å². The number of H-pyrrole nitrogens is 1. The molecule has 0 aliphatic carbocycles. The van der Waals surface area contributed by atoms with Gasteiger partial charge in [-0.3, -0.25) is 0 Å². The van der Waals surface area contributed by atoms with Gasteiger partial charge in [0, 0.05) is 6.54 Å². The van der Waals surface area contributed by atoms with E-state index in [4.69, 9.17) is 18.7 Å². The number of hydrogen-bond donors (Lipinski definition) is 2. The zero-order chi connectivity index (χ0) is 31.1. The number of aryl methyl sites for hydroxylation is 2. The van der Waals surface area contributed by atoms with Crippen LogP contribution >= 0.6 is 0 Å². The van der Waals surface area contributed by atoms with E-state index < -0.39 is 23.1 Å². The van der Waals surface area contributed by atoms with Crippen LogP contribution < -0.4 is 26.2 Å². The molecule has 1 heterocycles. The minimum Gasteiger partial charge on any atom is -0.494 e. The highest BCUT2D eigenvalue weighted by Crippen LogP contribution is 2.34. The summed E-state index contributed by atoms with van der Waals surface area (Å²) in [6.45, 7) is 13.3. The van der Waals surface area contributed by atoms with E-state index in [1.54, 1.807) is 0 Å². The summed E-state index contributed by atoms with van der Waals surface area (Å²) in [7, 11) is 0. The molecule has 0 bridgehead atoms. The Balaban J connectivity index is 1.35. The van der Waals surface area contributed by atoms with Crippen molar-refractivity contribution in [3.8, 4) is 22.6 Å². The number of rotatable bonds is 11. The minimum absolute atomic E-state index is 0.146. The van der Waals surface area contributed by atoms with Crippen molar-refractivity contribution in [1.29, 1.82) is 0 Å². The molecule has 3 aromatic carbocycles. The van der Waals surface area contributed by atoms with Gasteiger partial charge in [-0.05, 0) is 111 Å². The molecule has 4 rings (SSSR count). The summed E-state index contributed by atoms with van der Waals surface area (Å²) < 4.78 is 23.1. The molecule has 1 amide bonds. The Morgan fingerprint density at radius 3 is 2.30 bits per heavy atom. The number of carbonyl (C=O) groups is 1. The maximum absolute atomic E-state index is 11.8. The Morgan fingerprint density at radius 1 is 0.930 bits per heavy atom. The van der Waals surface area contributed by atoms with E-state index >= 15 is 0 Å². The van der Waals surface area contributed by atoms with Gasteiger partial charge >= 0.3 is 17.5 Å². The lowest BCUT2D eigenvalue weighted by Gasteiger charge is -2.19. The fourth-order valence-electron chi connectivity index (χ4n) is 4.67. The number of hydrogen-bond acceptors (Lipinski definition) is 7. The Morgan fingerprint density at radius 2 is 1.65 bits per heavy atom. The number of alkyl carbamates (subject to hydrolysis) is 1. The number of nitrogens with zero attached hydrogens (tertiary/aromatic N) is 1. The summed E-state index contributed by atoms with van der Waals surface area (Å²) in [6.07, 6.45) is 0.234. The Kier molecular flexibility index (Phi) is 9.80. The fraction of sp³-hybridized carbons (Fsp3) is 0.364. The summed E-state index contributed by atoms with van der Waals surface area (Å²) in [5.41, 5.74) is 6.47. The molecule has 0 aliphatic heterocycles. The number of aromatic nitrogens is 2. The SMILES string of the molecule is Cc1cc(OCCCNC(=O)OC(C)(C)C)ccc1-c1c(C)ccc(COc2ccc(Cn3oc(=O)[nH]c3=O)cc2)c1C. The second-order valence-corrected chi connectivity index (χ2v) is 11.4. The van der Waals surface area contributed by atoms with Crippen LogP contribution in [0.2, 0.25) is 0 Å². The predicted molar refractivity (Wildman–Crippen MR) is 164 cm³/mol. The number of amides is 1. The molecular formula is C33H39N3O7. The maximum atomic E-state index is 11.8. The topological polar surface area (TPSA) is 125 Å². The van der Waals surface area contributed by atoms with Gasteiger partial charge in [-0.1, -0.05) is 30.3 Å². The largest absolute Gasteiger partial charge is 0.494 e. The standard InChI is InChI=1S/C33H39N3O7/c1-21-8-11-25(20-41-26-12-9-24(10-13-26)19-36-30(37)35-32(39)43-36)23(3)29(21)28-15-14-27(18-22(28)2)40-17-7-16-34-31(38)42-33(4,5)6/h8-15,18H,7,16-17,19-20H2,1-6H3,(H,34,38)(H,35,37,39). The lowest BCUT2D eigenvalue weighted by atomic mass is 9.90. The van der Waals surface area contributed by atoms with Gasteiger partial charge in [0.15, 0.2) is 0 Å². The lowest BCUT2D eigenvalue weighted by molar-refractivity contribution is 0.0525. The lowest BCUT2D eigenvalue weighted by Crippen LogP contribution is -2.33. The first-order valence-corrected chi connectivity index (χ1v) is 14.2. The molecule has 0 atom stereocenters. The highest BCUT2D eigenvalue weighted by Gasteiger charge is 2.16. The molecule has 10 heteroatoms. The third-order valence-corrected chi connectivity index (χ3v) is 6.78. The maximum Gasteiger partial charge on any atom is 0.440 e. The van der Waals surface area contributed by atoms with Gasteiger partial charge in [-0.25, -0.2) is 19.4 Å². The van der Waals surface area contributed by atoms with Crippen molar-refractivity contribution in [2.75, 3.05) is 13.2 Å². The Labute approximate surface area is 250 Å². The van der Waals surface area contributed by atoms with Crippen LogP contribution in [0.4, 0.5) is 4.79 Å². The van der Waals surface area contributed by atoms with Crippen molar-refractivity contribution < 1.29 is 23.5 Å². The summed E-state index contributed by atoms with van der Waals surface area (Å²) in [5, 5.41) is 2.74. The molecule has 43 heavy (non-hydrogen) atoms. The van der Waals surface area contributed by atoms with Crippen molar-refractivity contribution >= 4 is 6.09 Å². The molecule has 0 radical (unpaired) electrons. The second kappa shape index (κ2) is 13.5. The van der Waals surface area contributed by atoms with E-state index in [1.807, 2.05) is 57.2 Å². The van der Waals surface area contributed by atoms with Crippen LogP contribution in [-0.4, -0.2) is 34.6 Å². The van der Waals surface area contributed by atoms with Gasteiger partial charge in [0.1, 0.15) is 23.7 Å². The van der Waals surface area contributed by atoms with Crippen LogP contribution in [-0.2, 0) is 17.9 Å². The number of benzene rings is 3. The number of carbonyl (C=O) groups excluding carboxylic acids is 1. The van der Waals surface area contributed by atoms with E-state index in [0.29, 0.717) is 31.9 Å². The molecule has 0 aliphatic rings. The van der Waals surface area contributed by atoms with Gasteiger partial charge in [0.05, 0.1) is 13.2 Å². The second-order valence-electron chi connectivity index (χ2n) is 11.4. The van der Waals surface area contributed by atoms with Crippen molar-refractivity contribution in [1.82, 2.24) is 15.0 Å². The van der Waals surface area contributed by atoms with Gasteiger partial charge in [0.2, 0.25) is 0 Å². The van der Waals surface area contributed by atoms with Gasteiger partial charge in [-0.15, -0.1) is 4.74 Å². The zero-order valence-corrected chi connectivity index (χ0v) is 25.5.